The summed E-state index contributed by atoms with van der Waals surface area (Å²) in [6.45, 7) is 7.27. The van der Waals surface area contributed by atoms with Crippen LogP contribution < -0.4 is 16.6 Å². The number of nitrogens with two attached hydrogens (primary N) is 1. The Labute approximate surface area is 104 Å². The van der Waals surface area contributed by atoms with Gasteiger partial charge in [-0.3, -0.25) is 15.1 Å². The Kier molecular flexibility index (Phi) is 5.88. The maximum atomic E-state index is 11.5. The predicted molar refractivity (Wildman–Crippen MR) is 69.2 cm³/mol. The zero-order valence-corrected chi connectivity index (χ0v) is 11.2. The quantitative estimate of drug-likeness (QED) is 0.359. The molecule has 1 rings (SSSR count). The lowest BCUT2D eigenvalue weighted by atomic mass is 9.93. The third-order valence-corrected chi connectivity index (χ3v) is 3.90. The second-order valence-corrected chi connectivity index (χ2v) is 5.10. The monoisotopic (exact) mass is 242 g/mol. The summed E-state index contributed by atoms with van der Waals surface area (Å²) in [7, 11) is 1.99. The van der Waals surface area contributed by atoms with Crippen molar-refractivity contribution in [2.24, 2.45) is 17.7 Å². The van der Waals surface area contributed by atoms with Gasteiger partial charge in [-0.1, -0.05) is 6.92 Å². The summed E-state index contributed by atoms with van der Waals surface area (Å²) in [4.78, 5) is 13.9. The fraction of sp³-hybridized carbons (Fsp3) is 0.917. The van der Waals surface area contributed by atoms with E-state index in [-0.39, 0.29) is 17.9 Å². The van der Waals surface area contributed by atoms with Crippen molar-refractivity contribution in [3.05, 3.63) is 0 Å². The average molecular weight is 242 g/mol. The van der Waals surface area contributed by atoms with E-state index in [4.69, 9.17) is 5.84 Å². The Bertz CT molecular complexity index is 245. The first kappa shape index (κ1) is 14.4. The zero-order chi connectivity index (χ0) is 12.8. The Hall–Kier alpha value is -0.650. The molecule has 0 aliphatic carbocycles. The minimum atomic E-state index is -0.0757. The summed E-state index contributed by atoms with van der Waals surface area (Å²) in [6.07, 6.45) is 2.50. The normalized spacial score (nSPS) is 25.3. The molecule has 3 unspecified atom stereocenters. The van der Waals surface area contributed by atoms with Gasteiger partial charge in [0.15, 0.2) is 0 Å². The van der Waals surface area contributed by atoms with Gasteiger partial charge in [0.1, 0.15) is 0 Å². The number of nitrogens with zero attached hydrogens (tertiary/aromatic N) is 1. The molecule has 0 bridgehead atoms. The van der Waals surface area contributed by atoms with Crippen molar-refractivity contribution in [2.75, 3.05) is 26.7 Å². The lowest BCUT2D eigenvalue weighted by Gasteiger charge is -2.38. The molecular formula is C12H26N4O. The van der Waals surface area contributed by atoms with Crippen molar-refractivity contribution in [3.8, 4) is 0 Å². The van der Waals surface area contributed by atoms with Crippen LogP contribution in [0.25, 0.3) is 0 Å². The van der Waals surface area contributed by atoms with Crippen LogP contribution >= 0.6 is 0 Å². The molecule has 100 valence electrons. The molecule has 1 amide bonds. The molecule has 17 heavy (non-hydrogen) atoms. The summed E-state index contributed by atoms with van der Waals surface area (Å²) >= 11 is 0. The lowest BCUT2D eigenvalue weighted by Crippen LogP contribution is -2.50. The van der Waals surface area contributed by atoms with Crippen molar-refractivity contribution in [3.63, 3.8) is 0 Å². The first-order valence-corrected chi connectivity index (χ1v) is 6.49. The number of piperidine rings is 1. The fourth-order valence-electron chi connectivity index (χ4n) is 2.59. The van der Waals surface area contributed by atoms with Gasteiger partial charge < -0.3 is 5.32 Å². The topological polar surface area (TPSA) is 70.4 Å². The number of hydrazine groups is 1. The Morgan fingerprint density at radius 1 is 1.53 bits per heavy atom. The van der Waals surface area contributed by atoms with Crippen molar-refractivity contribution < 1.29 is 4.79 Å². The number of likely N-dealkylation sites (tertiary alicyclic amines) is 1. The summed E-state index contributed by atoms with van der Waals surface area (Å²) < 4.78 is 0. The highest BCUT2D eigenvalue weighted by atomic mass is 16.2. The van der Waals surface area contributed by atoms with Gasteiger partial charge in [-0.15, -0.1) is 0 Å². The predicted octanol–water partition coefficient (Wildman–Crippen LogP) is -0.0677. The highest BCUT2D eigenvalue weighted by molar-refractivity contribution is 5.78. The molecule has 0 aromatic rings. The maximum Gasteiger partial charge on any atom is 0.238 e. The van der Waals surface area contributed by atoms with Crippen LogP contribution in [0.4, 0.5) is 0 Å². The Morgan fingerprint density at radius 2 is 2.24 bits per heavy atom. The van der Waals surface area contributed by atoms with Crippen molar-refractivity contribution in [1.29, 1.82) is 0 Å². The van der Waals surface area contributed by atoms with E-state index in [0.29, 0.717) is 5.92 Å². The van der Waals surface area contributed by atoms with Gasteiger partial charge in [-0.05, 0) is 45.8 Å². The average Bonchev–Trinajstić information content (AvgIpc) is 2.36. The second kappa shape index (κ2) is 6.93. The van der Waals surface area contributed by atoms with Crippen LogP contribution in [0.15, 0.2) is 0 Å². The molecule has 0 radical (unpaired) electrons. The van der Waals surface area contributed by atoms with E-state index in [1.807, 2.05) is 14.0 Å². The SMILES string of the molecule is CNCC1CCCN(C(C)C(C)C(=O)NN)C1. The van der Waals surface area contributed by atoms with Gasteiger partial charge in [0.05, 0.1) is 5.92 Å². The smallest absolute Gasteiger partial charge is 0.238 e. The molecule has 5 nitrogen and oxygen atoms in total. The number of amides is 1. The Morgan fingerprint density at radius 3 is 2.82 bits per heavy atom. The molecule has 0 saturated carbocycles. The van der Waals surface area contributed by atoms with Gasteiger partial charge in [0.2, 0.25) is 5.91 Å². The van der Waals surface area contributed by atoms with E-state index < -0.39 is 0 Å². The van der Waals surface area contributed by atoms with Gasteiger partial charge in [-0.25, -0.2) is 5.84 Å². The van der Waals surface area contributed by atoms with Crippen LogP contribution in [0.5, 0.6) is 0 Å². The molecule has 0 aromatic heterocycles. The highest BCUT2D eigenvalue weighted by Gasteiger charge is 2.28. The third-order valence-electron chi connectivity index (χ3n) is 3.90. The van der Waals surface area contributed by atoms with Crippen LogP contribution in [-0.4, -0.2) is 43.5 Å². The summed E-state index contributed by atoms with van der Waals surface area (Å²) in [6, 6.07) is 0.248. The molecule has 1 aliphatic heterocycles. The molecule has 1 aliphatic rings. The highest BCUT2D eigenvalue weighted by Crippen LogP contribution is 2.21. The van der Waals surface area contributed by atoms with Crippen molar-refractivity contribution >= 4 is 5.91 Å². The number of carbonyl (C=O) groups excluding carboxylic acids is 1. The second-order valence-electron chi connectivity index (χ2n) is 5.10. The van der Waals surface area contributed by atoms with Gasteiger partial charge in [0, 0.05) is 12.6 Å². The molecule has 1 saturated heterocycles. The van der Waals surface area contributed by atoms with Crippen molar-refractivity contribution in [1.82, 2.24) is 15.6 Å². The van der Waals surface area contributed by atoms with E-state index in [9.17, 15) is 4.79 Å². The molecule has 5 heteroatoms. The lowest BCUT2D eigenvalue weighted by molar-refractivity contribution is -0.126. The zero-order valence-electron chi connectivity index (χ0n) is 11.2. The molecule has 1 heterocycles. The molecule has 4 N–H and O–H groups in total. The van der Waals surface area contributed by atoms with Crippen LogP contribution in [0.1, 0.15) is 26.7 Å². The maximum absolute atomic E-state index is 11.5. The first-order chi connectivity index (χ1) is 8.10. The summed E-state index contributed by atoms with van der Waals surface area (Å²) in [5.74, 6) is 5.75. The summed E-state index contributed by atoms with van der Waals surface area (Å²) in [5, 5.41) is 3.23. The van der Waals surface area contributed by atoms with E-state index >= 15 is 0 Å². The summed E-state index contributed by atoms with van der Waals surface area (Å²) in [5.41, 5.74) is 2.24. The Balaban J connectivity index is 2.50. The molecule has 0 aromatic carbocycles. The van der Waals surface area contributed by atoms with E-state index in [0.717, 1.165) is 19.6 Å². The van der Waals surface area contributed by atoms with E-state index in [2.05, 4.69) is 22.6 Å². The number of carbonyl (C=O) groups is 1. The van der Waals surface area contributed by atoms with Crippen molar-refractivity contribution in [2.45, 2.75) is 32.7 Å². The van der Waals surface area contributed by atoms with Crippen LogP contribution in [0.2, 0.25) is 0 Å². The largest absolute Gasteiger partial charge is 0.319 e. The fourth-order valence-corrected chi connectivity index (χ4v) is 2.59. The van der Waals surface area contributed by atoms with Gasteiger partial charge >= 0.3 is 0 Å². The molecule has 0 spiro atoms. The van der Waals surface area contributed by atoms with Gasteiger partial charge in [-0.2, -0.15) is 0 Å². The number of nitrogens with one attached hydrogen (secondary N) is 2. The van der Waals surface area contributed by atoms with Crippen LogP contribution in [0, 0.1) is 11.8 Å². The standard InChI is InChI=1S/C12H26N4O/c1-9(12(17)15-13)10(2)16-6-4-5-11(8-16)7-14-3/h9-11,14H,4-8,13H2,1-3H3,(H,15,17). The number of rotatable bonds is 5. The molecular weight excluding hydrogens is 216 g/mol. The van der Waals surface area contributed by atoms with Crippen LogP contribution in [0.3, 0.4) is 0 Å². The molecule has 1 fully saturated rings. The number of hydrogen-bond acceptors (Lipinski definition) is 4. The first-order valence-electron chi connectivity index (χ1n) is 6.49. The minimum Gasteiger partial charge on any atom is -0.319 e. The van der Waals surface area contributed by atoms with Gasteiger partial charge in [0.25, 0.3) is 0 Å². The third kappa shape index (κ3) is 3.94. The van der Waals surface area contributed by atoms with E-state index in [1.54, 1.807) is 0 Å². The minimum absolute atomic E-state index is 0.0617. The molecule has 3 atom stereocenters. The number of hydrogen-bond donors (Lipinski definition) is 3. The van der Waals surface area contributed by atoms with E-state index in [1.165, 1.54) is 12.8 Å². The van der Waals surface area contributed by atoms with Crippen LogP contribution in [-0.2, 0) is 4.79 Å².